The van der Waals surface area contributed by atoms with Gasteiger partial charge in [0.05, 0.1) is 10.6 Å². The molecule has 5 heteroatoms. The summed E-state index contributed by atoms with van der Waals surface area (Å²) in [7, 11) is 0. The predicted octanol–water partition coefficient (Wildman–Crippen LogP) is 5.27. The summed E-state index contributed by atoms with van der Waals surface area (Å²) < 4.78 is 0. The quantitative estimate of drug-likeness (QED) is 0.601. The van der Waals surface area contributed by atoms with Crippen LogP contribution in [0.4, 0.5) is 0 Å². The van der Waals surface area contributed by atoms with E-state index in [4.69, 9.17) is 0 Å². The van der Waals surface area contributed by atoms with Gasteiger partial charge >= 0.3 is 0 Å². The number of carbonyl (C=O) groups excluding carboxylic acids is 1. The number of nitrogens with zero attached hydrogens (tertiary/aromatic N) is 2. The molecule has 0 bridgehead atoms. The van der Waals surface area contributed by atoms with Crippen molar-refractivity contribution >= 4 is 39.1 Å². The lowest BCUT2D eigenvalue weighted by Crippen LogP contribution is -2.21. The van der Waals surface area contributed by atoms with Crippen molar-refractivity contribution in [2.75, 3.05) is 0 Å². The zero-order chi connectivity index (χ0) is 16.5. The molecule has 3 aromatic rings. The molecule has 122 valence electrons. The van der Waals surface area contributed by atoms with E-state index in [2.05, 4.69) is 46.5 Å². The van der Waals surface area contributed by atoms with Crippen molar-refractivity contribution in [2.24, 2.45) is 0 Å². The molecule has 4 rings (SSSR count). The number of aryl methyl sites for hydroxylation is 1. The second kappa shape index (κ2) is 6.65. The topological polar surface area (TPSA) is 42.9 Å². The maximum Gasteiger partial charge on any atom is 0.146 e. The number of carbonyl (C=O) groups is 1. The first kappa shape index (κ1) is 15.8. The number of benzene rings is 1. The number of hydrogen-bond acceptors (Lipinski definition) is 5. The van der Waals surface area contributed by atoms with E-state index in [1.807, 2.05) is 0 Å². The van der Waals surface area contributed by atoms with Gasteiger partial charge in [0.1, 0.15) is 22.0 Å². The van der Waals surface area contributed by atoms with Crippen LogP contribution in [0.15, 0.2) is 41.0 Å². The zero-order valence-corrected chi connectivity index (χ0v) is 15.1. The van der Waals surface area contributed by atoms with Gasteiger partial charge < -0.3 is 0 Å². The van der Waals surface area contributed by atoms with Gasteiger partial charge in [-0.15, -0.1) is 11.3 Å². The van der Waals surface area contributed by atoms with Gasteiger partial charge in [-0.2, -0.15) is 0 Å². The third kappa shape index (κ3) is 2.98. The number of thioether (sulfide) groups is 1. The number of rotatable bonds is 3. The molecule has 3 nitrogen and oxygen atoms in total. The largest absolute Gasteiger partial charge is 0.298 e. The van der Waals surface area contributed by atoms with Gasteiger partial charge in [0.2, 0.25) is 0 Å². The summed E-state index contributed by atoms with van der Waals surface area (Å²) in [4.78, 5) is 22.1. The highest BCUT2D eigenvalue weighted by molar-refractivity contribution is 8.00. The lowest BCUT2D eigenvalue weighted by molar-refractivity contribution is -0.119. The minimum Gasteiger partial charge on any atom is -0.298 e. The van der Waals surface area contributed by atoms with Crippen molar-refractivity contribution in [2.45, 2.75) is 42.9 Å². The van der Waals surface area contributed by atoms with Crippen LogP contribution >= 0.6 is 23.1 Å². The minimum atomic E-state index is 0.0441. The lowest BCUT2D eigenvalue weighted by atomic mass is 9.99. The summed E-state index contributed by atoms with van der Waals surface area (Å²) in [5.74, 6) is 0.366. The van der Waals surface area contributed by atoms with Crippen LogP contribution in [0.3, 0.4) is 0 Å². The Balaban J connectivity index is 1.77. The highest BCUT2D eigenvalue weighted by atomic mass is 32.2. The summed E-state index contributed by atoms with van der Waals surface area (Å²) in [6.45, 7) is 2.09. The molecule has 0 saturated heterocycles. The third-order valence-corrected chi connectivity index (χ3v) is 6.65. The number of ketones is 1. The maximum atomic E-state index is 12.2. The van der Waals surface area contributed by atoms with Crippen LogP contribution in [-0.4, -0.2) is 21.0 Å². The molecular weight excluding hydrogens is 336 g/mol. The van der Waals surface area contributed by atoms with E-state index in [9.17, 15) is 4.79 Å². The van der Waals surface area contributed by atoms with E-state index < -0.39 is 0 Å². The van der Waals surface area contributed by atoms with Gasteiger partial charge in [0, 0.05) is 17.4 Å². The Morgan fingerprint density at radius 3 is 2.79 bits per heavy atom. The van der Waals surface area contributed by atoms with Crippen molar-refractivity contribution < 1.29 is 4.79 Å². The Morgan fingerprint density at radius 2 is 2.00 bits per heavy atom. The van der Waals surface area contributed by atoms with E-state index in [0.29, 0.717) is 12.2 Å². The molecule has 0 N–H and O–H groups in total. The summed E-state index contributed by atoms with van der Waals surface area (Å²) in [5.41, 5.74) is 3.59. The maximum absolute atomic E-state index is 12.2. The summed E-state index contributed by atoms with van der Waals surface area (Å²) >= 11 is 3.27. The molecule has 24 heavy (non-hydrogen) atoms. The van der Waals surface area contributed by atoms with Crippen molar-refractivity contribution in [1.82, 2.24) is 9.97 Å². The molecule has 0 amide bonds. The van der Waals surface area contributed by atoms with Crippen LogP contribution < -0.4 is 0 Å². The number of fused-ring (bicyclic) bond motifs is 1. The van der Waals surface area contributed by atoms with Crippen molar-refractivity contribution in [3.05, 3.63) is 41.5 Å². The Bertz CT molecular complexity index is 886. The number of thiophene rings is 1. The molecule has 2 heterocycles. The Morgan fingerprint density at radius 1 is 1.17 bits per heavy atom. The van der Waals surface area contributed by atoms with E-state index >= 15 is 0 Å². The predicted molar refractivity (Wildman–Crippen MR) is 101 cm³/mol. The monoisotopic (exact) mass is 354 g/mol. The second-order valence-electron chi connectivity index (χ2n) is 6.19. The van der Waals surface area contributed by atoms with Crippen molar-refractivity contribution in [3.63, 3.8) is 0 Å². The van der Waals surface area contributed by atoms with Crippen LogP contribution in [0.5, 0.6) is 0 Å². The molecule has 0 radical (unpaired) electrons. The van der Waals surface area contributed by atoms with Crippen molar-refractivity contribution in [3.8, 4) is 11.1 Å². The average molecular weight is 355 g/mol. The van der Waals surface area contributed by atoms with Crippen LogP contribution in [0.1, 0.15) is 31.2 Å². The molecule has 0 unspecified atom stereocenters. The zero-order valence-electron chi connectivity index (χ0n) is 13.5. The SMILES string of the molecule is Cc1ccc(-c2csc3ncnc(S[C@@H]4CCCCC4=O)c23)cc1. The third-order valence-electron chi connectivity index (χ3n) is 4.45. The van der Waals surface area contributed by atoms with Gasteiger partial charge in [-0.05, 0) is 25.3 Å². The molecule has 1 fully saturated rings. The van der Waals surface area contributed by atoms with Gasteiger partial charge in [-0.3, -0.25) is 4.79 Å². The van der Waals surface area contributed by atoms with Crippen LogP contribution in [0, 0.1) is 6.92 Å². The fourth-order valence-corrected chi connectivity index (χ4v) is 5.31. The van der Waals surface area contributed by atoms with Crippen LogP contribution in [-0.2, 0) is 4.79 Å². The highest BCUT2D eigenvalue weighted by Gasteiger charge is 2.25. The van der Waals surface area contributed by atoms with Gasteiger partial charge in [0.25, 0.3) is 0 Å². The van der Waals surface area contributed by atoms with E-state index in [0.717, 1.165) is 34.5 Å². The summed E-state index contributed by atoms with van der Waals surface area (Å²) in [6.07, 6.45) is 5.45. The number of aromatic nitrogens is 2. The molecule has 1 saturated carbocycles. The molecule has 1 aliphatic rings. The highest BCUT2D eigenvalue weighted by Crippen LogP contribution is 2.40. The molecule has 0 aliphatic heterocycles. The van der Waals surface area contributed by atoms with Crippen molar-refractivity contribution in [1.29, 1.82) is 0 Å². The number of Topliss-reactive ketones (excluding diaryl/α,β-unsaturated/α-hetero) is 1. The van der Waals surface area contributed by atoms with Crippen LogP contribution in [0.25, 0.3) is 21.3 Å². The Labute approximate surface area is 149 Å². The minimum absolute atomic E-state index is 0.0441. The van der Waals surface area contributed by atoms with Gasteiger partial charge in [-0.1, -0.05) is 48.0 Å². The number of hydrogen-bond donors (Lipinski definition) is 0. The van der Waals surface area contributed by atoms with E-state index in [-0.39, 0.29) is 5.25 Å². The fraction of sp³-hybridized carbons (Fsp3) is 0.316. The standard InChI is InChI=1S/C19H18N2OS2/c1-12-6-8-13(9-7-12)14-10-23-18-17(14)19(21-11-20-18)24-16-5-3-2-4-15(16)22/h6-11,16H,2-5H2,1H3/t16-/m1/s1. The normalized spacial score (nSPS) is 18.2. The molecular formula is C19H18N2OS2. The first-order valence-corrected chi connectivity index (χ1v) is 9.97. The summed E-state index contributed by atoms with van der Waals surface area (Å²) in [6, 6.07) is 8.54. The molecule has 1 aromatic carbocycles. The molecule has 1 aliphatic carbocycles. The van der Waals surface area contributed by atoms with Gasteiger partial charge in [0.15, 0.2) is 0 Å². The smallest absolute Gasteiger partial charge is 0.146 e. The molecule has 2 aromatic heterocycles. The van der Waals surface area contributed by atoms with Gasteiger partial charge in [-0.25, -0.2) is 9.97 Å². The Kier molecular flexibility index (Phi) is 4.37. The molecule has 1 atom stereocenters. The molecule has 0 spiro atoms. The second-order valence-corrected chi connectivity index (χ2v) is 8.24. The first-order chi connectivity index (χ1) is 11.7. The van der Waals surface area contributed by atoms with E-state index in [1.165, 1.54) is 16.7 Å². The average Bonchev–Trinajstić information content (AvgIpc) is 3.03. The summed E-state index contributed by atoms with van der Waals surface area (Å²) in [5, 5.41) is 4.23. The Hall–Kier alpha value is -1.72. The van der Waals surface area contributed by atoms with E-state index in [1.54, 1.807) is 29.4 Å². The first-order valence-electron chi connectivity index (χ1n) is 8.21. The fourth-order valence-electron chi connectivity index (χ4n) is 3.09. The van der Waals surface area contributed by atoms with Crippen LogP contribution in [0.2, 0.25) is 0 Å². The lowest BCUT2D eigenvalue weighted by Gasteiger charge is -2.19.